The molecule has 1 rings (SSSR count). The molecule has 0 amide bonds. The maximum atomic E-state index is 11.1. The van der Waals surface area contributed by atoms with Crippen molar-refractivity contribution in [2.75, 3.05) is 0 Å². The standard InChI is InChI=1S/C18H28N4O7/c19-12(16(24)25)3-1-2-6-22-8-10(4-5-13(20)17(26)27)11(15(23)9-22)7-14(21)18(28)29/h8-9,12-14H,1-7,19-21H2,(H3-,23,24,25,26,27,28,29)/p+1/t12-,13+,14+/m1/s1. The van der Waals surface area contributed by atoms with Crippen LogP contribution in [0.1, 0.15) is 36.8 Å². The average molecular weight is 413 g/mol. The number of aromatic hydroxyl groups is 1. The highest BCUT2D eigenvalue weighted by molar-refractivity contribution is 5.74. The molecule has 0 spiro atoms. The van der Waals surface area contributed by atoms with Crippen molar-refractivity contribution in [2.45, 2.75) is 63.2 Å². The molecule has 0 bridgehead atoms. The number of aliphatic carboxylic acids is 3. The van der Waals surface area contributed by atoms with E-state index in [2.05, 4.69) is 0 Å². The summed E-state index contributed by atoms with van der Waals surface area (Å²) >= 11 is 0. The maximum absolute atomic E-state index is 11.1. The largest absolute Gasteiger partial charge is 0.503 e. The van der Waals surface area contributed by atoms with E-state index >= 15 is 0 Å². The second-order valence-electron chi connectivity index (χ2n) is 6.96. The number of nitrogens with two attached hydrogens (primary N) is 3. The summed E-state index contributed by atoms with van der Waals surface area (Å²) < 4.78 is 1.68. The Morgan fingerprint density at radius 3 is 1.97 bits per heavy atom. The van der Waals surface area contributed by atoms with E-state index in [9.17, 15) is 19.5 Å². The maximum Gasteiger partial charge on any atom is 0.320 e. The fourth-order valence-corrected chi connectivity index (χ4v) is 2.82. The van der Waals surface area contributed by atoms with Gasteiger partial charge in [0.2, 0.25) is 6.20 Å². The van der Waals surface area contributed by atoms with Crippen LogP contribution in [-0.4, -0.2) is 56.5 Å². The number of rotatable bonds is 13. The molecule has 11 heteroatoms. The van der Waals surface area contributed by atoms with Gasteiger partial charge < -0.3 is 37.6 Å². The molecule has 0 aliphatic carbocycles. The number of aryl methyl sites for hydroxylation is 2. The van der Waals surface area contributed by atoms with Gasteiger partial charge >= 0.3 is 17.9 Å². The molecule has 1 aromatic heterocycles. The topological polar surface area (TPSA) is 214 Å². The number of carboxylic acid groups (broad SMARTS) is 3. The second-order valence-corrected chi connectivity index (χ2v) is 6.96. The van der Waals surface area contributed by atoms with E-state index in [1.165, 1.54) is 6.20 Å². The number of hydrogen-bond acceptors (Lipinski definition) is 7. The van der Waals surface area contributed by atoms with Gasteiger partial charge in [0.15, 0.2) is 11.9 Å². The van der Waals surface area contributed by atoms with Gasteiger partial charge in [-0.25, -0.2) is 4.57 Å². The van der Waals surface area contributed by atoms with Gasteiger partial charge in [-0.3, -0.25) is 14.4 Å². The Hall–Kier alpha value is -2.76. The molecular formula is C18H29N4O7+. The summed E-state index contributed by atoms with van der Waals surface area (Å²) in [7, 11) is 0. The van der Waals surface area contributed by atoms with E-state index in [-0.39, 0.29) is 25.0 Å². The van der Waals surface area contributed by atoms with Gasteiger partial charge in [-0.15, -0.1) is 0 Å². The molecule has 1 aromatic rings. The Balaban J connectivity index is 2.94. The third kappa shape index (κ3) is 8.02. The lowest BCUT2D eigenvalue weighted by Gasteiger charge is -2.14. The van der Waals surface area contributed by atoms with Crippen LogP contribution in [-0.2, 0) is 33.8 Å². The number of aromatic nitrogens is 1. The first-order chi connectivity index (χ1) is 13.5. The Bertz CT molecular complexity index is 741. The summed E-state index contributed by atoms with van der Waals surface area (Å²) in [5, 5.41) is 37.2. The lowest BCUT2D eigenvalue weighted by molar-refractivity contribution is -0.698. The van der Waals surface area contributed by atoms with Crippen LogP contribution in [0.2, 0.25) is 0 Å². The Kier molecular flexibility index (Phi) is 9.45. The number of carbonyl (C=O) groups is 3. The molecule has 3 atom stereocenters. The molecule has 0 saturated carbocycles. The third-order valence-corrected chi connectivity index (χ3v) is 4.59. The molecule has 0 aliphatic rings. The zero-order chi connectivity index (χ0) is 22.1. The minimum Gasteiger partial charge on any atom is -0.503 e. The number of pyridine rings is 1. The van der Waals surface area contributed by atoms with Gasteiger partial charge in [0, 0.05) is 24.0 Å². The molecule has 0 saturated heterocycles. The fourth-order valence-electron chi connectivity index (χ4n) is 2.82. The molecule has 0 radical (unpaired) electrons. The molecule has 0 fully saturated rings. The summed E-state index contributed by atoms with van der Waals surface area (Å²) in [5.74, 6) is -3.59. The molecule has 29 heavy (non-hydrogen) atoms. The second kappa shape index (κ2) is 11.3. The van der Waals surface area contributed by atoms with Crippen molar-refractivity contribution in [3.8, 4) is 5.75 Å². The summed E-state index contributed by atoms with van der Waals surface area (Å²) in [6.07, 6.45) is 4.80. The Morgan fingerprint density at radius 1 is 0.862 bits per heavy atom. The summed E-state index contributed by atoms with van der Waals surface area (Å²) in [6, 6.07) is -3.24. The minimum absolute atomic E-state index is 0.0988. The van der Waals surface area contributed by atoms with E-state index in [4.69, 9.17) is 32.5 Å². The molecule has 10 N–H and O–H groups in total. The molecule has 162 valence electrons. The highest BCUT2D eigenvalue weighted by Crippen LogP contribution is 2.22. The Morgan fingerprint density at radius 2 is 1.41 bits per heavy atom. The van der Waals surface area contributed by atoms with Crippen molar-refractivity contribution in [3.05, 3.63) is 23.5 Å². The van der Waals surface area contributed by atoms with E-state index in [1.54, 1.807) is 10.8 Å². The SMILES string of the molecule is N[C@H](CCCC[n+]1cc(O)c(C[C@H](N)C(=O)O)c(CC[C@H](N)C(=O)O)c1)C(=O)O. The van der Waals surface area contributed by atoms with E-state index < -0.39 is 36.0 Å². The Labute approximate surface area is 167 Å². The van der Waals surface area contributed by atoms with Crippen LogP contribution < -0.4 is 21.8 Å². The van der Waals surface area contributed by atoms with Gasteiger partial charge in [0.1, 0.15) is 24.7 Å². The summed E-state index contributed by atoms with van der Waals surface area (Å²) in [5.41, 5.74) is 17.5. The normalized spacial score (nSPS) is 14.2. The van der Waals surface area contributed by atoms with Gasteiger partial charge in [-0.05, 0) is 25.7 Å². The number of carboxylic acids is 3. The van der Waals surface area contributed by atoms with Crippen LogP contribution >= 0.6 is 0 Å². The summed E-state index contributed by atoms with van der Waals surface area (Å²) in [6.45, 7) is 0.461. The minimum atomic E-state index is -1.22. The molecule has 0 aromatic carbocycles. The van der Waals surface area contributed by atoms with Crippen molar-refractivity contribution in [3.63, 3.8) is 0 Å². The molecule has 11 nitrogen and oxygen atoms in total. The van der Waals surface area contributed by atoms with Gasteiger partial charge in [0.05, 0.1) is 0 Å². The number of hydrogen-bond donors (Lipinski definition) is 7. The van der Waals surface area contributed by atoms with Crippen molar-refractivity contribution in [1.29, 1.82) is 0 Å². The fraction of sp³-hybridized carbons (Fsp3) is 0.556. The lowest BCUT2D eigenvalue weighted by atomic mass is 9.96. The predicted octanol–water partition coefficient (Wildman–Crippen LogP) is -1.44. The monoisotopic (exact) mass is 413 g/mol. The van der Waals surface area contributed by atoms with E-state index in [1.807, 2.05) is 0 Å². The summed E-state index contributed by atoms with van der Waals surface area (Å²) in [4.78, 5) is 32.8. The van der Waals surface area contributed by atoms with Crippen LogP contribution in [0.25, 0.3) is 0 Å². The highest BCUT2D eigenvalue weighted by Gasteiger charge is 2.23. The lowest BCUT2D eigenvalue weighted by Crippen LogP contribution is -2.37. The van der Waals surface area contributed by atoms with Crippen molar-refractivity contribution >= 4 is 17.9 Å². The van der Waals surface area contributed by atoms with Crippen LogP contribution in [0.15, 0.2) is 12.4 Å². The first-order valence-electron chi connectivity index (χ1n) is 9.21. The quantitative estimate of drug-likeness (QED) is 0.148. The van der Waals surface area contributed by atoms with Crippen molar-refractivity contribution in [2.24, 2.45) is 17.2 Å². The number of unbranched alkanes of at least 4 members (excludes halogenated alkanes) is 1. The van der Waals surface area contributed by atoms with Gasteiger partial charge in [-0.1, -0.05) is 0 Å². The number of nitrogens with zero attached hydrogens (tertiary/aromatic N) is 1. The smallest absolute Gasteiger partial charge is 0.320 e. The van der Waals surface area contributed by atoms with Crippen LogP contribution in [0.5, 0.6) is 5.75 Å². The molecular weight excluding hydrogens is 384 g/mol. The van der Waals surface area contributed by atoms with Crippen molar-refractivity contribution in [1.82, 2.24) is 0 Å². The zero-order valence-corrected chi connectivity index (χ0v) is 16.0. The molecule has 0 unspecified atom stereocenters. The van der Waals surface area contributed by atoms with E-state index in [0.717, 1.165) is 0 Å². The average Bonchev–Trinajstić information content (AvgIpc) is 2.64. The van der Waals surface area contributed by atoms with Crippen LogP contribution in [0.3, 0.4) is 0 Å². The van der Waals surface area contributed by atoms with E-state index in [0.29, 0.717) is 36.9 Å². The highest BCUT2D eigenvalue weighted by atomic mass is 16.4. The zero-order valence-electron chi connectivity index (χ0n) is 16.0. The molecule has 0 aliphatic heterocycles. The van der Waals surface area contributed by atoms with Crippen LogP contribution in [0, 0.1) is 0 Å². The van der Waals surface area contributed by atoms with Crippen molar-refractivity contribution < 1.29 is 39.4 Å². The van der Waals surface area contributed by atoms with Crippen LogP contribution in [0.4, 0.5) is 0 Å². The van der Waals surface area contributed by atoms with Gasteiger partial charge in [0.25, 0.3) is 0 Å². The predicted molar refractivity (Wildman–Crippen MR) is 101 cm³/mol. The molecule has 1 heterocycles. The van der Waals surface area contributed by atoms with Gasteiger partial charge in [-0.2, -0.15) is 0 Å². The first-order valence-corrected chi connectivity index (χ1v) is 9.21. The first kappa shape index (κ1) is 24.3. The third-order valence-electron chi connectivity index (χ3n) is 4.59.